The van der Waals surface area contributed by atoms with Crippen LogP contribution in [-0.2, 0) is 4.74 Å². The van der Waals surface area contributed by atoms with E-state index in [2.05, 4.69) is 36.8 Å². The van der Waals surface area contributed by atoms with Crippen molar-refractivity contribution in [2.24, 2.45) is 0 Å². The highest BCUT2D eigenvalue weighted by Crippen LogP contribution is 2.29. The van der Waals surface area contributed by atoms with Crippen LogP contribution in [0.5, 0.6) is 0 Å². The minimum atomic E-state index is -0.389. The van der Waals surface area contributed by atoms with Gasteiger partial charge in [-0.1, -0.05) is 30.3 Å². The van der Waals surface area contributed by atoms with E-state index in [0.29, 0.717) is 21.6 Å². The van der Waals surface area contributed by atoms with Crippen molar-refractivity contribution in [3.8, 4) is 0 Å². The van der Waals surface area contributed by atoms with Gasteiger partial charge in [-0.2, -0.15) is 0 Å². The maximum atomic E-state index is 12.1. The molecule has 2 aromatic rings. The molecule has 1 heterocycles. The van der Waals surface area contributed by atoms with Gasteiger partial charge in [0.2, 0.25) is 0 Å². The highest BCUT2D eigenvalue weighted by Gasteiger charge is 2.25. The molecule has 0 amide bonds. The van der Waals surface area contributed by atoms with Gasteiger partial charge in [-0.15, -0.1) is 0 Å². The monoisotopic (exact) mass is 400 g/mol. The lowest BCUT2D eigenvalue weighted by Gasteiger charge is -2.17. The molecule has 0 bridgehead atoms. The second kappa shape index (κ2) is 6.54. The molecule has 0 saturated carbocycles. The third-order valence-corrected chi connectivity index (χ3v) is 4.08. The molecule has 0 unspecified atom stereocenters. The molecule has 0 N–H and O–H groups in total. The predicted octanol–water partition coefficient (Wildman–Crippen LogP) is 4.19. The molecule has 2 rings (SSSR count). The zero-order valence-corrected chi connectivity index (χ0v) is 14.3. The van der Waals surface area contributed by atoms with Crippen molar-refractivity contribution >= 4 is 37.8 Å². The summed E-state index contributed by atoms with van der Waals surface area (Å²) in [5.74, 6) is -0.389. The second-order valence-electron chi connectivity index (χ2n) is 4.20. The van der Waals surface area contributed by atoms with Crippen LogP contribution in [0.4, 0.5) is 0 Å². The van der Waals surface area contributed by atoms with Crippen molar-refractivity contribution in [1.29, 1.82) is 0 Å². The molecule has 0 aliphatic carbocycles. The highest BCUT2D eigenvalue weighted by atomic mass is 79.9. The Balaban J connectivity index is 2.48. The smallest absolute Gasteiger partial charge is 0.357 e. The second-order valence-corrected chi connectivity index (χ2v) is 5.66. The van der Waals surface area contributed by atoms with Gasteiger partial charge in [0.05, 0.1) is 12.6 Å². The van der Waals surface area contributed by atoms with Crippen LogP contribution in [0.15, 0.2) is 39.7 Å². The van der Waals surface area contributed by atoms with Crippen LogP contribution in [0.3, 0.4) is 0 Å². The molecular weight excluding hydrogens is 388 g/mol. The summed E-state index contributed by atoms with van der Waals surface area (Å²) < 4.78 is 7.98. The Morgan fingerprint density at radius 1 is 1.35 bits per heavy atom. The summed E-state index contributed by atoms with van der Waals surface area (Å²) in [6, 6.07) is 9.89. The minimum Gasteiger partial charge on any atom is -0.461 e. The average Bonchev–Trinajstić information content (AvgIpc) is 2.74. The molecule has 20 heavy (non-hydrogen) atoms. The fourth-order valence-electron chi connectivity index (χ4n) is 2.00. The third-order valence-electron chi connectivity index (χ3n) is 2.96. The summed E-state index contributed by atoms with van der Waals surface area (Å²) in [5.41, 5.74) is 1.50. The Morgan fingerprint density at radius 2 is 2.00 bits per heavy atom. The first-order chi connectivity index (χ1) is 9.56. The Bertz CT molecular complexity index is 611. The van der Waals surface area contributed by atoms with E-state index in [1.165, 1.54) is 0 Å². The van der Waals surface area contributed by atoms with E-state index in [9.17, 15) is 4.79 Å². The lowest BCUT2D eigenvalue weighted by Crippen LogP contribution is -2.16. The maximum Gasteiger partial charge on any atom is 0.357 e. The lowest BCUT2D eigenvalue weighted by molar-refractivity contribution is 0.0511. The number of nitrogens with zero attached hydrogens (tertiary/aromatic N) is 2. The number of carbonyl (C=O) groups excluding carboxylic acids is 1. The van der Waals surface area contributed by atoms with Crippen LogP contribution in [0.2, 0.25) is 0 Å². The van der Waals surface area contributed by atoms with E-state index in [1.54, 1.807) is 6.92 Å². The van der Waals surface area contributed by atoms with E-state index in [4.69, 9.17) is 4.74 Å². The molecule has 0 fully saturated rings. The number of imidazole rings is 1. The van der Waals surface area contributed by atoms with E-state index in [1.807, 2.05) is 41.8 Å². The summed E-state index contributed by atoms with van der Waals surface area (Å²) in [5, 5.41) is 0. The standard InChI is InChI=1S/C14H14Br2N2O2/c1-3-20-13(19)11-12(15)17-14(16)18(11)9(2)10-7-5-4-6-8-10/h4-9H,3H2,1-2H3/t9-/m1/s1. The van der Waals surface area contributed by atoms with Crippen molar-refractivity contribution in [3.05, 3.63) is 50.9 Å². The van der Waals surface area contributed by atoms with Gasteiger partial charge < -0.3 is 9.30 Å². The van der Waals surface area contributed by atoms with Crippen LogP contribution in [-0.4, -0.2) is 22.1 Å². The SMILES string of the molecule is CCOC(=O)c1c(Br)nc(Br)n1[C@H](C)c1ccccc1. The van der Waals surface area contributed by atoms with E-state index in [-0.39, 0.29) is 12.0 Å². The Hall–Kier alpha value is -1.14. The van der Waals surface area contributed by atoms with E-state index in [0.717, 1.165) is 5.56 Å². The molecule has 0 spiro atoms. The molecule has 0 aliphatic heterocycles. The molecular formula is C14H14Br2N2O2. The summed E-state index contributed by atoms with van der Waals surface area (Å²) >= 11 is 6.72. The van der Waals surface area contributed by atoms with Crippen molar-refractivity contribution in [1.82, 2.24) is 9.55 Å². The van der Waals surface area contributed by atoms with Crippen LogP contribution in [0.25, 0.3) is 0 Å². The summed E-state index contributed by atoms with van der Waals surface area (Å²) in [7, 11) is 0. The fraction of sp³-hybridized carbons (Fsp3) is 0.286. The highest BCUT2D eigenvalue weighted by molar-refractivity contribution is 9.11. The van der Waals surface area contributed by atoms with Gasteiger partial charge in [-0.3, -0.25) is 0 Å². The quantitative estimate of drug-likeness (QED) is 0.721. The van der Waals surface area contributed by atoms with Crippen LogP contribution < -0.4 is 0 Å². The van der Waals surface area contributed by atoms with Crippen LogP contribution in [0.1, 0.15) is 35.9 Å². The number of hydrogen-bond acceptors (Lipinski definition) is 3. The molecule has 1 aromatic heterocycles. The Kier molecular flexibility index (Phi) is 4.99. The van der Waals surface area contributed by atoms with Gasteiger partial charge >= 0.3 is 5.97 Å². The predicted molar refractivity (Wildman–Crippen MR) is 83.8 cm³/mol. The molecule has 1 aromatic carbocycles. The zero-order chi connectivity index (χ0) is 14.7. The number of carbonyl (C=O) groups is 1. The van der Waals surface area contributed by atoms with Crippen LogP contribution >= 0.6 is 31.9 Å². The van der Waals surface area contributed by atoms with Gasteiger partial charge in [-0.25, -0.2) is 9.78 Å². The third kappa shape index (κ3) is 2.96. The lowest BCUT2D eigenvalue weighted by atomic mass is 10.1. The van der Waals surface area contributed by atoms with Crippen molar-refractivity contribution in [2.75, 3.05) is 6.61 Å². The number of benzene rings is 1. The molecule has 6 heteroatoms. The fourth-order valence-corrected chi connectivity index (χ4v) is 3.42. The number of halogens is 2. The molecule has 0 saturated heterocycles. The first-order valence-electron chi connectivity index (χ1n) is 6.21. The summed E-state index contributed by atoms with van der Waals surface area (Å²) in [6.45, 7) is 4.12. The number of rotatable bonds is 4. The largest absolute Gasteiger partial charge is 0.461 e. The van der Waals surface area contributed by atoms with Gasteiger partial charge in [0, 0.05) is 0 Å². The Labute approximate surface area is 134 Å². The number of esters is 1. The van der Waals surface area contributed by atoms with Gasteiger partial charge in [0.15, 0.2) is 10.4 Å². The topological polar surface area (TPSA) is 44.1 Å². The maximum absolute atomic E-state index is 12.1. The van der Waals surface area contributed by atoms with Crippen molar-refractivity contribution in [3.63, 3.8) is 0 Å². The van der Waals surface area contributed by atoms with Gasteiger partial charge in [0.1, 0.15) is 4.60 Å². The molecule has 1 atom stereocenters. The first-order valence-corrected chi connectivity index (χ1v) is 7.80. The van der Waals surface area contributed by atoms with E-state index >= 15 is 0 Å². The van der Waals surface area contributed by atoms with Crippen molar-refractivity contribution in [2.45, 2.75) is 19.9 Å². The molecule has 0 aliphatic rings. The van der Waals surface area contributed by atoms with Gasteiger partial charge in [0.25, 0.3) is 0 Å². The normalized spacial score (nSPS) is 12.2. The Morgan fingerprint density at radius 3 is 2.60 bits per heavy atom. The summed E-state index contributed by atoms with van der Waals surface area (Å²) in [4.78, 5) is 16.4. The average molecular weight is 402 g/mol. The first kappa shape index (κ1) is 15.3. The zero-order valence-electron chi connectivity index (χ0n) is 11.1. The van der Waals surface area contributed by atoms with Crippen LogP contribution in [0, 0.1) is 0 Å². The minimum absolute atomic E-state index is 0.0382. The number of hydrogen-bond donors (Lipinski definition) is 0. The number of aromatic nitrogens is 2. The molecule has 0 radical (unpaired) electrons. The molecule has 4 nitrogen and oxygen atoms in total. The number of ether oxygens (including phenoxy) is 1. The van der Waals surface area contributed by atoms with Crippen molar-refractivity contribution < 1.29 is 9.53 Å². The van der Waals surface area contributed by atoms with E-state index < -0.39 is 0 Å². The molecule has 106 valence electrons. The summed E-state index contributed by atoms with van der Waals surface area (Å²) in [6.07, 6.45) is 0. The van der Waals surface area contributed by atoms with Gasteiger partial charge in [-0.05, 0) is 51.3 Å².